The van der Waals surface area contributed by atoms with Gasteiger partial charge < -0.3 is 10.1 Å². The molecule has 1 amide bonds. The van der Waals surface area contributed by atoms with Gasteiger partial charge in [-0.3, -0.25) is 9.78 Å². The number of nitrogens with one attached hydrogen (secondary N) is 1. The molecule has 0 fully saturated rings. The molecule has 1 N–H and O–H groups in total. The Kier molecular flexibility index (Phi) is 3.91. The van der Waals surface area contributed by atoms with Gasteiger partial charge in [-0.2, -0.15) is 0 Å². The van der Waals surface area contributed by atoms with Crippen LogP contribution in [0.1, 0.15) is 5.56 Å². The Labute approximate surface area is 106 Å². The molecule has 0 radical (unpaired) electrons. The van der Waals surface area contributed by atoms with Crippen LogP contribution in [0.5, 0.6) is 5.75 Å². The van der Waals surface area contributed by atoms with Gasteiger partial charge >= 0.3 is 0 Å². The molecular weight excluding hydrogens is 228 g/mol. The minimum atomic E-state index is -0.0607. The predicted octanol–water partition coefficient (Wildman–Crippen LogP) is 2.27. The fraction of sp³-hybridized carbons (Fsp3) is 0.143. The van der Waals surface area contributed by atoms with E-state index in [1.54, 1.807) is 31.6 Å². The molecule has 0 bridgehead atoms. The van der Waals surface area contributed by atoms with Crippen molar-refractivity contribution in [1.29, 1.82) is 0 Å². The minimum absolute atomic E-state index is 0.0607. The first-order valence-electron chi connectivity index (χ1n) is 5.61. The van der Waals surface area contributed by atoms with Crippen LogP contribution in [0.25, 0.3) is 0 Å². The third-order valence-corrected chi connectivity index (χ3v) is 2.46. The van der Waals surface area contributed by atoms with E-state index < -0.39 is 0 Å². The summed E-state index contributed by atoms with van der Waals surface area (Å²) in [4.78, 5) is 15.7. The van der Waals surface area contributed by atoms with Crippen LogP contribution < -0.4 is 10.1 Å². The molecule has 1 aromatic heterocycles. The van der Waals surface area contributed by atoms with Crippen LogP contribution in [0, 0.1) is 0 Å². The number of carbonyl (C=O) groups excluding carboxylic acids is 1. The maximum atomic E-state index is 11.8. The molecule has 2 rings (SSSR count). The lowest BCUT2D eigenvalue weighted by Crippen LogP contribution is -2.14. The lowest BCUT2D eigenvalue weighted by Gasteiger charge is -2.06. The number of amides is 1. The summed E-state index contributed by atoms with van der Waals surface area (Å²) in [6.45, 7) is 0. The average molecular weight is 242 g/mol. The van der Waals surface area contributed by atoms with Crippen LogP contribution in [0.15, 0.2) is 48.8 Å². The molecule has 2 aromatic rings. The monoisotopic (exact) mass is 242 g/mol. The molecule has 0 aliphatic rings. The zero-order chi connectivity index (χ0) is 12.8. The Morgan fingerprint density at radius 2 is 2.06 bits per heavy atom. The first kappa shape index (κ1) is 12.1. The number of ether oxygens (including phenoxy) is 1. The van der Waals surface area contributed by atoms with Crippen molar-refractivity contribution < 1.29 is 9.53 Å². The summed E-state index contributed by atoms with van der Waals surface area (Å²) in [6.07, 6.45) is 3.60. The van der Waals surface area contributed by atoms with E-state index in [0.717, 1.165) is 17.0 Å². The van der Waals surface area contributed by atoms with Crippen LogP contribution in [-0.2, 0) is 11.2 Å². The summed E-state index contributed by atoms with van der Waals surface area (Å²) in [5.41, 5.74) is 1.67. The lowest BCUT2D eigenvalue weighted by molar-refractivity contribution is -0.115. The number of hydrogen-bond acceptors (Lipinski definition) is 3. The zero-order valence-electron chi connectivity index (χ0n) is 10.1. The fourth-order valence-corrected chi connectivity index (χ4v) is 1.61. The Hall–Kier alpha value is -2.36. The van der Waals surface area contributed by atoms with Crippen LogP contribution in [0.4, 0.5) is 5.69 Å². The third kappa shape index (κ3) is 3.31. The van der Waals surface area contributed by atoms with Gasteiger partial charge in [-0.15, -0.1) is 0 Å². The first-order chi connectivity index (χ1) is 8.78. The number of nitrogens with zero attached hydrogens (tertiary/aromatic N) is 1. The van der Waals surface area contributed by atoms with Crippen molar-refractivity contribution >= 4 is 11.6 Å². The number of anilines is 1. The second kappa shape index (κ2) is 5.82. The Morgan fingerprint density at radius 3 is 2.78 bits per heavy atom. The third-order valence-electron chi connectivity index (χ3n) is 2.46. The fourth-order valence-electron chi connectivity index (χ4n) is 1.61. The molecule has 1 aromatic carbocycles. The normalized spacial score (nSPS) is 9.83. The number of carbonyl (C=O) groups is 1. The topological polar surface area (TPSA) is 51.2 Å². The minimum Gasteiger partial charge on any atom is -0.497 e. The molecule has 18 heavy (non-hydrogen) atoms. The van der Waals surface area contributed by atoms with Gasteiger partial charge in [-0.25, -0.2) is 0 Å². The van der Waals surface area contributed by atoms with Gasteiger partial charge in [0.05, 0.1) is 13.5 Å². The molecule has 0 aliphatic heterocycles. The second-order valence-electron chi connectivity index (χ2n) is 3.81. The quantitative estimate of drug-likeness (QED) is 0.894. The van der Waals surface area contributed by atoms with Crippen molar-refractivity contribution in [3.63, 3.8) is 0 Å². The van der Waals surface area contributed by atoms with E-state index in [2.05, 4.69) is 10.3 Å². The van der Waals surface area contributed by atoms with Crippen LogP contribution in [0.2, 0.25) is 0 Å². The summed E-state index contributed by atoms with van der Waals surface area (Å²) < 4.78 is 5.11. The highest BCUT2D eigenvalue weighted by atomic mass is 16.5. The van der Waals surface area contributed by atoms with E-state index in [0.29, 0.717) is 6.42 Å². The van der Waals surface area contributed by atoms with Gasteiger partial charge in [0, 0.05) is 18.1 Å². The molecule has 92 valence electrons. The van der Waals surface area contributed by atoms with Gasteiger partial charge in [-0.1, -0.05) is 12.1 Å². The van der Waals surface area contributed by atoms with Crippen molar-refractivity contribution in [2.75, 3.05) is 12.4 Å². The SMILES string of the molecule is COc1cccc(CC(=O)Nc2ccncc2)c1. The molecule has 0 saturated heterocycles. The maximum Gasteiger partial charge on any atom is 0.228 e. The van der Waals surface area contributed by atoms with E-state index in [9.17, 15) is 4.79 Å². The highest BCUT2D eigenvalue weighted by molar-refractivity contribution is 5.92. The summed E-state index contributed by atoms with van der Waals surface area (Å²) >= 11 is 0. The van der Waals surface area contributed by atoms with Crippen molar-refractivity contribution in [1.82, 2.24) is 4.98 Å². The van der Waals surface area contributed by atoms with E-state index in [-0.39, 0.29) is 5.91 Å². The van der Waals surface area contributed by atoms with Gasteiger partial charge in [0.15, 0.2) is 0 Å². The molecule has 0 saturated carbocycles. The molecule has 0 atom stereocenters. The van der Waals surface area contributed by atoms with E-state index in [1.807, 2.05) is 24.3 Å². The maximum absolute atomic E-state index is 11.8. The highest BCUT2D eigenvalue weighted by Gasteiger charge is 2.04. The average Bonchev–Trinajstić information content (AvgIpc) is 2.40. The molecule has 0 aliphatic carbocycles. The van der Waals surface area contributed by atoms with Gasteiger partial charge in [0.1, 0.15) is 5.75 Å². The van der Waals surface area contributed by atoms with Crippen LogP contribution >= 0.6 is 0 Å². The van der Waals surface area contributed by atoms with Crippen molar-refractivity contribution in [2.24, 2.45) is 0 Å². The number of hydrogen-bond donors (Lipinski definition) is 1. The summed E-state index contributed by atoms with van der Waals surface area (Å²) in [7, 11) is 1.61. The van der Waals surface area contributed by atoms with Crippen molar-refractivity contribution in [2.45, 2.75) is 6.42 Å². The van der Waals surface area contributed by atoms with E-state index >= 15 is 0 Å². The smallest absolute Gasteiger partial charge is 0.228 e. The molecular formula is C14H14N2O2. The number of benzene rings is 1. The second-order valence-corrected chi connectivity index (χ2v) is 3.81. The summed E-state index contributed by atoms with van der Waals surface area (Å²) in [5.74, 6) is 0.693. The molecule has 0 spiro atoms. The van der Waals surface area contributed by atoms with Crippen molar-refractivity contribution in [3.05, 3.63) is 54.4 Å². The Bertz CT molecular complexity index is 526. The highest BCUT2D eigenvalue weighted by Crippen LogP contribution is 2.13. The van der Waals surface area contributed by atoms with E-state index in [1.165, 1.54) is 0 Å². The number of methoxy groups -OCH3 is 1. The zero-order valence-corrected chi connectivity index (χ0v) is 10.1. The largest absolute Gasteiger partial charge is 0.497 e. The number of pyridine rings is 1. The predicted molar refractivity (Wildman–Crippen MR) is 69.6 cm³/mol. The van der Waals surface area contributed by atoms with Gasteiger partial charge in [0.2, 0.25) is 5.91 Å². The summed E-state index contributed by atoms with van der Waals surface area (Å²) in [5, 5.41) is 2.81. The lowest BCUT2D eigenvalue weighted by atomic mass is 10.1. The summed E-state index contributed by atoms with van der Waals surface area (Å²) in [6, 6.07) is 11.0. The Morgan fingerprint density at radius 1 is 1.28 bits per heavy atom. The van der Waals surface area contributed by atoms with Gasteiger partial charge in [0.25, 0.3) is 0 Å². The van der Waals surface area contributed by atoms with Crippen LogP contribution in [-0.4, -0.2) is 18.0 Å². The van der Waals surface area contributed by atoms with Crippen LogP contribution in [0.3, 0.4) is 0 Å². The first-order valence-corrected chi connectivity index (χ1v) is 5.61. The molecule has 4 nitrogen and oxygen atoms in total. The standard InChI is InChI=1S/C14H14N2O2/c1-18-13-4-2-3-11(9-13)10-14(17)16-12-5-7-15-8-6-12/h2-9H,10H2,1H3,(H,15,16,17). The molecule has 4 heteroatoms. The Balaban J connectivity index is 1.99. The van der Waals surface area contributed by atoms with Gasteiger partial charge in [-0.05, 0) is 29.8 Å². The number of rotatable bonds is 4. The molecule has 0 unspecified atom stereocenters. The van der Waals surface area contributed by atoms with Crippen molar-refractivity contribution in [3.8, 4) is 5.75 Å². The number of aromatic nitrogens is 1. The van der Waals surface area contributed by atoms with E-state index in [4.69, 9.17) is 4.74 Å². The molecule has 1 heterocycles.